The quantitative estimate of drug-likeness (QED) is 0.654. The Kier molecular flexibility index (Phi) is 3.59. The third kappa shape index (κ3) is 2.34. The molecule has 5 heterocycles. The van der Waals surface area contributed by atoms with Gasteiger partial charge in [0.1, 0.15) is 18.3 Å². The number of hydrogen-bond acceptors (Lipinski definition) is 7. The lowest BCUT2D eigenvalue weighted by Crippen LogP contribution is -2.49. The van der Waals surface area contributed by atoms with Crippen LogP contribution in [0.2, 0.25) is 0 Å². The molecule has 0 radical (unpaired) electrons. The molecule has 0 spiro atoms. The maximum atomic E-state index is 13.0. The van der Waals surface area contributed by atoms with Crippen molar-refractivity contribution in [1.82, 2.24) is 4.90 Å². The minimum atomic E-state index is -1.72. The lowest BCUT2D eigenvalue weighted by Gasteiger charge is -2.38. The van der Waals surface area contributed by atoms with Crippen LogP contribution in [0.3, 0.4) is 0 Å². The summed E-state index contributed by atoms with van der Waals surface area (Å²) >= 11 is 2.73. The van der Waals surface area contributed by atoms with E-state index in [-0.39, 0.29) is 6.10 Å². The maximum absolute atomic E-state index is 13.0. The highest BCUT2D eigenvalue weighted by atomic mass is 32.1. The second kappa shape index (κ2) is 5.62. The second-order valence-electron chi connectivity index (χ2n) is 7.03. The fourth-order valence-electron chi connectivity index (χ4n) is 4.32. The van der Waals surface area contributed by atoms with Gasteiger partial charge in [-0.05, 0) is 29.9 Å². The summed E-state index contributed by atoms with van der Waals surface area (Å²) in [5.74, 6) is -0.569. The third-order valence-corrected chi connectivity index (χ3v) is 7.66. The Hall–Kier alpha value is -1.25. The van der Waals surface area contributed by atoms with Gasteiger partial charge in [0.2, 0.25) is 5.60 Å². The number of thiophene rings is 2. The highest BCUT2D eigenvalue weighted by Crippen LogP contribution is 2.48. The molecular weight excluding hydrogens is 358 g/mol. The summed E-state index contributed by atoms with van der Waals surface area (Å²) in [6.45, 7) is 0. The van der Waals surface area contributed by atoms with Crippen molar-refractivity contribution in [3.63, 3.8) is 0 Å². The second-order valence-corrected chi connectivity index (χ2v) is 8.92. The molecule has 3 fully saturated rings. The van der Waals surface area contributed by atoms with Gasteiger partial charge in [0.15, 0.2) is 0 Å². The number of carbonyl (C=O) groups excluding carboxylic acids is 1. The van der Waals surface area contributed by atoms with Crippen molar-refractivity contribution in [2.24, 2.45) is 0 Å². The topological polar surface area (TPSA) is 62.3 Å². The van der Waals surface area contributed by atoms with Crippen molar-refractivity contribution in [3.05, 3.63) is 44.8 Å². The monoisotopic (exact) mass is 377 g/mol. The molecule has 2 aromatic rings. The molecule has 7 heteroatoms. The summed E-state index contributed by atoms with van der Waals surface area (Å²) in [6.07, 6.45) is 1.97. The number of ether oxygens (including phenoxy) is 2. The average molecular weight is 377 g/mol. The molecule has 3 unspecified atom stereocenters. The molecule has 5 atom stereocenters. The highest BCUT2D eigenvalue weighted by Gasteiger charge is 2.63. The number of aliphatic hydroxyl groups is 1. The van der Waals surface area contributed by atoms with Crippen LogP contribution in [-0.2, 0) is 19.9 Å². The summed E-state index contributed by atoms with van der Waals surface area (Å²) in [6, 6.07) is 7.88. The van der Waals surface area contributed by atoms with Gasteiger partial charge < -0.3 is 14.6 Å². The number of epoxide rings is 1. The van der Waals surface area contributed by atoms with Gasteiger partial charge in [0.25, 0.3) is 0 Å². The van der Waals surface area contributed by atoms with E-state index < -0.39 is 11.6 Å². The molecule has 5 rings (SSSR count). The van der Waals surface area contributed by atoms with Gasteiger partial charge in [0, 0.05) is 24.9 Å². The zero-order chi connectivity index (χ0) is 17.2. The molecule has 0 amide bonds. The normalized spacial score (nSPS) is 33.9. The zero-order valence-electron chi connectivity index (χ0n) is 13.7. The Labute approximate surface area is 153 Å². The van der Waals surface area contributed by atoms with Gasteiger partial charge in [0.05, 0.1) is 9.75 Å². The number of nitrogens with zero attached hydrogens (tertiary/aromatic N) is 1. The molecule has 1 N–H and O–H groups in total. The predicted molar refractivity (Wildman–Crippen MR) is 94.8 cm³/mol. The number of hydrogen-bond donors (Lipinski definition) is 1. The molecule has 0 aromatic carbocycles. The summed E-state index contributed by atoms with van der Waals surface area (Å²) in [4.78, 5) is 16.6. The SMILES string of the molecule is CN1C2C[C@H](OC(=O)C(O)(c3cccs3)c3cccs3)C[C@H]1C1OC12. The van der Waals surface area contributed by atoms with E-state index in [1.165, 1.54) is 22.7 Å². The number of likely N-dealkylation sites (N-methyl/N-ethyl adjacent to an activating group) is 1. The van der Waals surface area contributed by atoms with Crippen molar-refractivity contribution in [3.8, 4) is 0 Å². The molecule has 2 bridgehead atoms. The Morgan fingerprint density at radius 1 is 1.20 bits per heavy atom. The van der Waals surface area contributed by atoms with Crippen molar-refractivity contribution < 1.29 is 19.4 Å². The lowest BCUT2D eigenvalue weighted by molar-refractivity contribution is -0.171. The van der Waals surface area contributed by atoms with Crippen LogP contribution < -0.4 is 0 Å². The van der Waals surface area contributed by atoms with E-state index in [1.807, 2.05) is 22.9 Å². The van der Waals surface area contributed by atoms with Crippen molar-refractivity contribution in [2.75, 3.05) is 7.05 Å². The minimum Gasteiger partial charge on any atom is -0.460 e. The summed E-state index contributed by atoms with van der Waals surface area (Å²) in [7, 11) is 2.12. The van der Waals surface area contributed by atoms with Crippen molar-refractivity contribution in [1.29, 1.82) is 0 Å². The first kappa shape index (κ1) is 16.0. The molecule has 25 heavy (non-hydrogen) atoms. The largest absolute Gasteiger partial charge is 0.460 e. The van der Waals surface area contributed by atoms with Crippen LogP contribution in [0.4, 0.5) is 0 Å². The molecule has 0 aliphatic carbocycles. The van der Waals surface area contributed by atoms with Gasteiger partial charge in [-0.1, -0.05) is 12.1 Å². The third-order valence-electron chi connectivity index (χ3n) is 5.70. The first-order chi connectivity index (χ1) is 12.1. The van der Waals surface area contributed by atoms with Crippen LogP contribution in [0.1, 0.15) is 22.6 Å². The molecule has 3 saturated heterocycles. The number of morpholine rings is 1. The summed E-state index contributed by atoms with van der Waals surface area (Å²) in [5.41, 5.74) is -1.72. The number of carbonyl (C=O) groups is 1. The van der Waals surface area contributed by atoms with Crippen LogP contribution >= 0.6 is 22.7 Å². The minimum absolute atomic E-state index is 0.165. The molecule has 132 valence electrons. The highest BCUT2D eigenvalue weighted by molar-refractivity contribution is 7.12. The Morgan fingerprint density at radius 3 is 2.24 bits per heavy atom. The van der Waals surface area contributed by atoms with Gasteiger partial charge in [-0.15, -0.1) is 22.7 Å². The maximum Gasteiger partial charge on any atom is 0.349 e. The predicted octanol–water partition coefficient (Wildman–Crippen LogP) is 2.20. The molecule has 3 aliphatic heterocycles. The fraction of sp³-hybridized carbons (Fsp3) is 0.500. The van der Waals surface area contributed by atoms with E-state index in [9.17, 15) is 9.90 Å². The van der Waals surface area contributed by atoms with E-state index in [0.717, 1.165) is 12.8 Å². The molecular formula is C18H19NO4S2. The van der Waals surface area contributed by atoms with Gasteiger partial charge in [-0.2, -0.15) is 0 Å². The van der Waals surface area contributed by atoms with Crippen LogP contribution in [0, 0.1) is 0 Å². The lowest BCUT2D eigenvalue weighted by atomic mass is 9.97. The first-order valence-electron chi connectivity index (χ1n) is 8.48. The van der Waals surface area contributed by atoms with Crippen LogP contribution in [0.15, 0.2) is 35.0 Å². The fourth-order valence-corrected chi connectivity index (χ4v) is 6.04. The number of piperidine rings is 1. The van der Waals surface area contributed by atoms with E-state index in [4.69, 9.17) is 9.47 Å². The smallest absolute Gasteiger partial charge is 0.349 e. The van der Waals surface area contributed by atoms with Crippen molar-refractivity contribution >= 4 is 28.6 Å². The summed E-state index contributed by atoms with van der Waals surface area (Å²) < 4.78 is 11.5. The Bertz CT molecular complexity index is 723. The standard InChI is InChI=1S/C18H19NO4S2/c1-19-11-8-10(9-12(19)16-15(11)23-16)22-17(20)18(21,13-4-2-6-24-13)14-5-3-7-25-14/h2-7,10-12,15-16,21H,8-9H2,1H3/t10-,11+,12?,15?,16?/m1/s1. The molecule has 5 nitrogen and oxygen atoms in total. The Morgan fingerprint density at radius 2 is 1.76 bits per heavy atom. The molecule has 0 saturated carbocycles. The average Bonchev–Trinajstić information content (AvgIpc) is 2.97. The molecule has 2 aromatic heterocycles. The van der Waals surface area contributed by atoms with Crippen LogP contribution in [0.5, 0.6) is 0 Å². The van der Waals surface area contributed by atoms with E-state index in [2.05, 4.69) is 11.9 Å². The van der Waals surface area contributed by atoms with Gasteiger partial charge >= 0.3 is 5.97 Å². The number of esters is 1. The van der Waals surface area contributed by atoms with E-state index in [1.54, 1.807) is 12.1 Å². The molecule has 3 aliphatic rings. The first-order valence-corrected chi connectivity index (χ1v) is 10.2. The van der Waals surface area contributed by atoms with E-state index >= 15 is 0 Å². The Balaban J connectivity index is 1.39. The van der Waals surface area contributed by atoms with Gasteiger partial charge in [-0.3, -0.25) is 4.90 Å². The number of rotatable bonds is 4. The van der Waals surface area contributed by atoms with Crippen LogP contribution in [0.25, 0.3) is 0 Å². The summed E-state index contributed by atoms with van der Waals surface area (Å²) in [5, 5.41) is 15.0. The zero-order valence-corrected chi connectivity index (χ0v) is 15.3. The number of fused-ring (bicyclic) bond motifs is 5. The van der Waals surface area contributed by atoms with Crippen LogP contribution in [-0.4, -0.2) is 53.4 Å². The van der Waals surface area contributed by atoms with E-state index in [0.29, 0.717) is 34.0 Å². The van der Waals surface area contributed by atoms with Gasteiger partial charge in [-0.25, -0.2) is 4.79 Å². The van der Waals surface area contributed by atoms with Crippen molar-refractivity contribution in [2.45, 2.75) is 48.8 Å².